The smallest absolute Gasteiger partial charge is 0.324 e. The molecule has 2 aromatic carbocycles. The molecule has 27 heavy (non-hydrogen) atoms. The first kappa shape index (κ1) is 16.3. The second-order valence-corrected chi connectivity index (χ2v) is 6.88. The number of para-hydroxylation sites is 1. The quantitative estimate of drug-likeness (QED) is 0.713. The molecule has 0 aliphatic carbocycles. The highest BCUT2D eigenvalue weighted by atomic mass is 19.1. The van der Waals surface area contributed by atoms with Crippen LogP contribution in [0.5, 0.6) is 0 Å². The molecule has 0 N–H and O–H groups in total. The topological polar surface area (TPSA) is 50.6 Å². The van der Waals surface area contributed by atoms with E-state index in [9.17, 15) is 9.18 Å². The lowest BCUT2D eigenvalue weighted by Gasteiger charge is -2.30. The number of ether oxygens (including phenoxy) is 1. The lowest BCUT2D eigenvalue weighted by Crippen LogP contribution is -2.42. The molecule has 2 fully saturated rings. The van der Waals surface area contributed by atoms with Crippen LogP contribution in [-0.4, -0.2) is 53.1 Å². The highest BCUT2D eigenvalue weighted by Gasteiger charge is 2.33. The van der Waals surface area contributed by atoms with Crippen LogP contribution in [0.15, 0.2) is 48.7 Å². The molecular weight excluding hydrogens is 347 g/mol. The Morgan fingerprint density at radius 3 is 2.70 bits per heavy atom. The lowest BCUT2D eigenvalue weighted by atomic mass is 10.2. The molecule has 7 heteroatoms. The minimum absolute atomic E-state index is 0.0170. The van der Waals surface area contributed by atoms with E-state index in [1.807, 2.05) is 23.1 Å². The Labute approximate surface area is 155 Å². The number of benzene rings is 2. The molecular formula is C20H19FN4O2. The fourth-order valence-electron chi connectivity index (χ4n) is 3.74. The molecule has 3 aromatic rings. The minimum atomic E-state index is -0.336. The third-order valence-electron chi connectivity index (χ3n) is 5.27. The third kappa shape index (κ3) is 2.66. The Morgan fingerprint density at radius 1 is 1.11 bits per heavy atom. The molecule has 5 rings (SSSR count). The highest BCUT2D eigenvalue weighted by Crippen LogP contribution is 2.31. The molecule has 2 saturated heterocycles. The molecule has 1 unspecified atom stereocenters. The molecule has 2 aliphatic rings. The summed E-state index contributed by atoms with van der Waals surface area (Å²) >= 11 is 0. The van der Waals surface area contributed by atoms with Gasteiger partial charge in [0.15, 0.2) is 0 Å². The van der Waals surface area contributed by atoms with E-state index in [1.54, 1.807) is 34.0 Å². The summed E-state index contributed by atoms with van der Waals surface area (Å²) in [6.07, 6.45) is 2.87. The molecule has 138 valence electrons. The zero-order valence-electron chi connectivity index (χ0n) is 14.7. The maximum Gasteiger partial charge on any atom is 0.324 e. The van der Waals surface area contributed by atoms with Crippen molar-refractivity contribution in [2.24, 2.45) is 0 Å². The summed E-state index contributed by atoms with van der Waals surface area (Å²) in [7, 11) is 0. The SMILES string of the molecule is O=C1N(CC2CCO2)CCN1c1cccc2c1cnn2-c1ccccc1F. The third-order valence-corrected chi connectivity index (χ3v) is 5.27. The number of nitrogens with zero attached hydrogens (tertiary/aromatic N) is 4. The second-order valence-electron chi connectivity index (χ2n) is 6.88. The zero-order valence-corrected chi connectivity index (χ0v) is 14.7. The van der Waals surface area contributed by atoms with Crippen molar-refractivity contribution in [3.8, 4) is 5.69 Å². The number of carbonyl (C=O) groups is 1. The minimum Gasteiger partial charge on any atom is -0.376 e. The Bertz CT molecular complexity index is 1010. The number of carbonyl (C=O) groups excluding carboxylic acids is 1. The number of hydrogen-bond donors (Lipinski definition) is 0. The van der Waals surface area contributed by atoms with Crippen LogP contribution < -0.4 is 4.90 Å². The van der Waals surface area contributed by atoms with E-state index in [0.717, 1.165) is 29.6 Å². The fourth-order valence-corrected chi connectivity index (χ4v) is 3.74. The van der Waals surface area contributed by atoms with Gasteiger partial charge in [0.25, 0.3) is 0 Å². The zero-order chi connectivity index (χ0) is 18.4. The summed E-state index contributed by atoms with van der Waals surface area (Å²) in [6, 6.07) is 12.2. The first-order chi connectivity index (χ1) is 13.2. The predicted molar refractivity (Wildman–Crippen MR) is 99.7 cm³/mol. The van der Waals surface area contributed by atoms with Gasteiger partial charge >= 0.3 is 6.03 Å². The number of amides is 2. The summed E-state index contributed by atoms with van der Waals surface area (Å²) < 4.78 is 21.2. The van der Waals surface area contributed by atoms with Gasteiger partial charge in [-0.3, -0.25) is 4.90 Å². The van der Waals surface area contributed by atoms with Crippen LogP contribution >= 0.6 is 0 Å². The Kier molecular flexibility index (Phi) is 3.82. The highest BCUT2D eigenvalue weighted by molar-refractivity contribution is 6.03. The molecule has 6 nitrogen and oxygen atoms in total. The molecule has 0 saturated carbocycles. The van der Waals surface area contributed by atoms with Gasteiger partial charge in [0.2, 0.25) is 0 Å². The van der Waals surface area contributed by atoms with Crippen molar-refractivity contribution < 1.29 is 13.9 Å². The van der Waals surface area contributed by atoms with Crippen molar-refractivity contribution in [3.63, 3.8) is 0 Å². The van der Waals surface area contributed by atoms with E-state index in [1.165, 1.54) is 6.07 Å². The Morgan fingerprint density at radius 2 is 1.93 bits per heavy atom. The standard InChI is InChI=1S/C20H19FN4O2/c21-16-4-1-2-5-19(16)25-18-7-3-6-17(15(18)12-22-25)24-10-9-23(20(24)26)13-14-8-11-27-14/h1-7,12,14H,8-11,13H2. The van der Waals surface area contributed by atoms with E-state index >= 15 is 0 Å². The van der Waals surface area contributed by atoms with Crippen LogP contribution in [0.1, 0.15) is 6.42 Å². The van der Waals surface area contributed by atoms with E-state index in [4.69, 9.17) is 4.74 Å². The van der Waals surface area contributed by atoms with Gasteiger partial charge in [-0.1, -0.05) is 18.2 Å². The number of urea groups is 1. The van der Waals surface area contributed by atoms with Crippen LogP contribution in [0.25, 0.3) is 16.6 Å². The average Bonchev–Trinajstić information content (AvgIpc) is 3.22. The van der Waals surface area contributed by atoms with Gasteiger partial charge in [-0.05, 0) is 30.7 Å². The summed E-state index contributed by atoms with van der Waals surface area (Å²) in [5.74, 6) is -0.336. The van der Waals surface area contributed by atoms with Crippen molar-refractivity contribution >= 4 is 22.6 Å². The van der Waals surface area contributed by atoms with E-state index < -0.39 is 0 Å². The molecule has 1 aromatic heterocycles. The van der Waals surface area contributed by atoms with E-state index in [2.05, 4.69) is 5.10 Å². The number of hydrogen-bond acceptors (Lipinski definition) is 3. The maximum absolute atomic E-state index is 14.2. The van der Waals surface area contributed by atoms with Crippen LogP contribution in [-0.2, 0) is 4.74 Å². The van der Waals surface area contributed by atoms with E-state index in [0.29, 0.717) is 25.3 Å². The number of halogens is 1. The van der Waals surface area contributed by atoms with Crippen molar-refractivity contribution in [1.29, 1.82) is 0 Å². The first-order valence-corrected chi connectivity index (χ1v) is 9.12. The van der Waals surface area contributed by atoms with Gasteiger partial charge in [-0.25, -0.2) is 13.9 Å². The summed E-state index contributed by atoms with van der Waals surface area (Å²) in [4.78, 5) is 16.5. The van der Waals surface area contributed by atoms with Crippen LogP contribution in [0.2, 0.25) is 0 Å². The summed E-state index contributed by atoms with van der Waals surface area (Å²) in [6.45, 7) is 2.72. The van der Waals surface area contributed by atoms with Crippen molar-refractivity contribution in [3.05, 3.63) is 54.5 Å². The number of anilines is 1. The number of aromatic nitrogens is 2. The van der Waals surface area contributed by atoms with Crippen molar-refractivity contribution in [1.82, 2.24) is 14.7 Å². The Hall–Kier alpha value is -2.93. The summed E-state index contributed by atoms with van der Waals surface area (Å²) in [5.41, 5.74) is 1.96. The van der Waals surface area contributed by atoms with Gasteiger partial charge < -0.3 is 9.64 Å². The number of fused-ring (bicyclic) bond motifs is 1. The average molecular weight is 366 g/mol. The predicted octanol–water partition coefficient (Wildman–Crippen LogP) is 3.20. The van der Waals surface area contributed by atoms with Crippen LogP contribution in [0.4, 0.5) is 14.9 Å². The monoisotopic (exact) mass is 366 g/mol. The normalized spacial score (nSPS) is 19.7. The van der Waals surface area contributed by atoms with Crippen molar-refractivity contribution in [2.75, 3.05) is 31.1 Å². The molecule has 0 spiro atoms. The van der Waals surface area contributed by atoms with Crippen LogP contribution in [0, 0.1) is 5.82 Å². The van der Waals surface area contributed by atoms with Gasteiger partial charge in [0, 0.05) is 31.6 Å². The van der Waals surface area contributed by atoms with Crippen molar-refractivity contribution in [2.45, 2.75) is 12.5 Å². The summed E-state index contributed by atoms with van der Waals surface area (Å²) in [5, 5.41) is 5.21. The van der Waals surface area contributed by atoms with Gasteiger partial charge in [-0.15, -0.1) is 0 Å². The lowest BCUT2D eigenvalue weighted by molar-refractivity contribution is -0.0595. The second kappa shape index (κ2) is 6.35. The molecule has 2 amide bonds. The van der Waals surface area contributed by atoms with Gasteiger partial charge in [0.05, 0.1) is 23.5 Å². The largest absolute Gasteiger partial charge is 0.376 e. The molecule has 0 radical (unpaired) electrons. The van der Waals surface area contributed by atoms with Gasteiger partial charge in [0.1, 0.15) is 11.5 Å². The molecule has 2 aliphatic heterocycles. The van der Waals surface area contributed by atoms with E-state index in [-0.39, 0.29) is 18.0 Å². The van der Waals surface area contributed by atoms with Gasteiger partial charge in [-0.2, -0.15) is 5.10 Å². The molecule has 1 atom stereocenters. The molecule has 3 heterocycles. The number of rotatable bonds is 4. The molecule has 0 bridgehead atoms. The fraction of sp³-hybridized carbons (Fsp3) is 0.300. The maximum atomic E-state index is 14.2. The Balaban J connectivity index is 1.50. The van der Waals surface area contributed by atoms with Crippen LogP contribution in [0.3, 0.4) is 0 Å². The first-order valence-electron chi connectivity index (χ1n) is 9.12.